The lowest BCUT2D eigenvalue weighted by Crippen LogP contribution is -2.17. The first-order valence-corrected chi connectivity index (χ1v) is 10.1. The van der Waals surface area contributed by atoms with Gasteiger partial charge in [-0.05, 0) is 50.1 Å². The van der Waals surface area contributed by atoms with Crippen LogP contribution < -0.4 is 15.4 Å². The number of aromatic nitrogens is 2. The average molecular weight is 451 g/mol. The van der Waals surface area contributed by atoms with Gasteiger partial charge in [-0.15, -0.1) is 13.2 Å². The first-order valence-electron chi connectivity index (χ1n) is 9.68. The lowest BCUT2D eigenvalue weighted by Gasteiger charge is -2.16. The maximum Gasteiger partial charge on any atom is 0.573 e. The fourth-order valence-corrected chi connectivity index (χ4v) is 3.04. The van der Waals surface area contributed by atoms with Crippen LogP contribution in [0.4, 0.5) is 30.6 Å². The van der Waals surface area contributed by atoms with E-state index in [2.05, 4.69) is 25.3 Å². The van der Waals surface area contributed by atoms with Gasteiger partial charge in [-0.1, -0.05) is 36.7 Å². The van der Waals surface area contributed by atoms with Gasteiger partial charge in [0, 0.05) is 17.7 Å². The number of halogens is 4. The molecule has 5 nitrogen and oxygen atoms in total. The number of ether oxygens (including phenoxy) is 1. The molecule has 0 aliphatic rings. The number of hydrogen-bond donors (Lipinski definition) is 2. The quantitative estimate of drug-likeness (QED) is 0.407. The maximum atomic E-state index is 12.6. The first kappa shape index (κ1) is 22.7. The summed E-state index contributed by atoms with van der Waals surface area (Å²) in [5, 5.41) is 6.88. The summed E-state index contributed by atoms with van der Waals surface area (Å²) in [5.74, 6) is 0.472. The molecule has 1 heterocycles. The number of nitrogens with one attached hydrogen (secondary N) is 2. The number of benzene rings is 2. The van der Waals surface area contributed by atoms with E-state index in [1.807, 2.05) is 39.0 Å². The minimum Gasteiger partial charge on any atom is -0.406 e. The van der Waals surface area contributed by atoms with Gasteiger partial charge in [-0.2, -0.15) is 4.98 Å². The van der Waals surface area contributed by atoms with Crippen LogP contribution >= 0.6 is 11.6 Å². The van der Waals surface area contributed by atoms with Crippen molar-refractivity contribution in [1.29, 1.82) is 0 Å². The monoisotopic (exact) mass is 450 g/mol. The second kappa shape index (κ2) is 9.43. The molecule has 0 aliphatic carbocycles. The van der Waals surface area contributed by atoms with Crippen LogP contribution in [0.15, 0.2) is 48.5 Å². The Hall–Kier alpha value is -3.00. The molecule has 0 spiro atoms. The van der Waals surface area contributed by atoms with E-state index in [9.17, 15) is 13.2 Å². The Balaban J connectivity index is 2.00. The lowest BCUT2D eigenvalue weighted by molar-refractivity contribution is -0.274. The van der Waals surface area contributed by atoms with Gasteiger partial charge >= 0.3 is 6.36 Å². The molecule has 0 bridgehead atoms. The summed E-state index contributed by atoms with van der Waals surface area (Å²) in [4.78, 5) is 8.96. The molecule has 0 fully saturated rings. The molecule has 1 aromatic heterocycles. The molecule has 1 atom stereocenters. The van der Waals surface area contributed by atoms with Gasteiger partial charge in [-0.25, -0.2) is 4.98 Å². The van der Waals surface area contributed by atoms with Gasteiger partial charge in [0.2, 0.25) is 5.95 Å². The Bertz CT molecular complexity index is 1060. The normalized spacial score (nSPS) is 12.4. The van der Waals surface area contributed by atoms with Crippen LogP contribution in [0.2, 0.25) is 5.02 Å². The molecule has 2 N–H and O–H groups in total. The van der Waals surface area contributed by atoms with Gasteiger partial charge in [0.1, 0.15) is 11.6 Å². The summed E-state index contributed by atoms with van der Waals surface area (Å²) in [6.45, 7) is 5.94. The van der Waals surface area contributed by atoms with Crippen molar-refractivity contribution in [3.8, 4) is 17.0 Å². The Morgan fingerprint density at radius 3 is 2.55 bits per heavy atom. The van der Waals surface area contributed by atoms with Crippen molar-refractivity contribution >= 4 is 29.1 Å². The number of nitrogens with zero attached hydrogens (tertiary/aromatic N) is 2. The van der Waals surface area contributed by atoms with Gasteiger partial charge in [0.25, 0.3) is 0 Å². The molecule has 2 aromatic carbocycles. The van der Waals surface area contributed by atoms with E-state index in [-0.39, 0.29) is 11.8 Å². The summed E-state index contributed by atoms with van der Waals surface area (Å²) in [7, 11) is 0. The zero-order valence-corrected chi connectivity index (χ0v) is 18.0. The van der Waals surface area contributed by atoms with Crippen molar-refractivity contribution in [2.45, 2.75) is 39.6 Å². The number of alkyl halides is 3. The third-order valence-electron chi connectivity index (χ3n) is 4.46. The molecule has 164 valence electrons. The molecular formula is C22H22ClF3N4O. The first-order chi connectivity index (χ1) is 14.6. The number of hydrogen-bond acceptors (Lipinski definition) is 5. The standard InChI is InChI=1S/C22H22ClF3N4O/c1-4-14(3)27-21-29-19(15-6-5-7-16(11-15)31-22(24,25)26)12-20(30-21)28-18-9-8-13(2)10-17(18)23/h5-12,14H,4H2,1-3H3,(H2,27,28,29,30)/t14-/m0/s1. The van der Waals surface area contributed by atoms with Crippen molar-refractivity contribution in [1.82, 2.24) is 9.97 Å². The van der Waals surface area contributed by atoms with Crippen molar-refractivity contribution in [2.75, 3.05) is 10.6 Å². The highest BCUT2D eigenvalue weighted by Crippen LogP contribution is 2.31. The van der Waals surface area contributed by atoms with Gasteiger partial charge in [-0.3, -0.25) is 0 Å². The summed E-state index contributed by atoms with van der Waals surface area (Å²) in [6.07, 6.45) is -3.93. The summed E-state index contributed by atoms with van der Waals surface area (Å²) in [5.41, 5.74) is 2.55. The Labute approximate surface area is 183 Å². The third-order valence-corrected chi connectivity index (χ3v) is 4.78. The third kappa shape index (κ3) is 6.49. The van der Waals surface area contributed by atoms with Crippen molar-refractivity contribution in [3.63, 3.8) is 0 Å². The molecule has 0 aliphatic heterocycles. The minimum atomic E-state index is -4.78. The molecule has 3 aromatic rings. The van der Waals surface area contributed by atoms with Crippen LogP contribution in [-0.4, -0.2) is 22.4 Å². The van der Waals surface area contributed by atoms with Crippen LogP contribution in [0.25, 0.3) is 11.3 Å². The molecule has 0 radical (unpaired) electrons. The second-order valence-corrected chi connectivity index (χ2v) is 7.51. The highest BCUT2D eigenvalue weighted by molar-refractivity contribution is 6.33. The smallest absolute Gasteiger partial charge is 0.406 e. The molecule has 9 heteroatoms. The Morgan fingerprint density at radius 2 is 1.87 bits per heavy atom. The fourth-order valence-electron chi connectivity index (χ4n) is 2.76. The number of anilines is 3. The molecule has 0 saturated heterocycles. The SMILES string of the molecule is CC[C@H](C)Nc1nc(Nc2ccc(C)cc2Cl)cc(-c2cccc(OC(F)(F)F)c2)n1. The predicted octanol–water partition coefficient (Wildman–Crippen LogP) is 6.96. The van der Waals surface area contributed by atoms with Gasteiger partial charge < -0.3 is 15.4 Å². The van der Waals surface area contributed by atoms with E-state index in [1.165, 1.54) is 18.2 Å². The topological polar surface area (TPSA) is 59.1 Å². The van der Waals surface area contributed by atoms with E-state index >= 15 is 0 Å². The Kier molecular flexibility index (Phi) is 6.90. The van der Waals surface area contributed by atoms with Crippen molar-refractivity contribution in [2.24, 2.45) is 0 Å². The van der Waals surface area contributed by atoms with Crippen LogP contribution in [0, 0.1) is 6.92 Å². The van der Waals surface area contributed by atoms with E-state index < -0.39 is 6.36 Å². The highest BCUT2D eigenvalue weighted by atomic mass is 35.5. The summed E-state index contributed by atoms with van der Waals surface area (Å²) in [6, 6.07) is 13.0. The van der Waals surface area contributed by atoms with E-state index in [0.29, 0.717) is 33.7 Å². The number of rotatable bonds is 7. The van der Waals surface area contributed by atoms with Crippen LogP contribution in [0.5, 0.6) is 5.75 Å². The average Bonchev–Trinajstić information content (AvgIpc) is 2.69. The molecule has 0 amide bonds. The Morgan fingerprint density at radius 1 is 1.10 bits per heavy atom. The zero-order valence-electron chi connectivity index (χ0n) is 17.2. The van der Waals surface area contributed by atoms with Crippen LogP contribution in [0.3, 0.4) is 0 Å². The fraction of sp³-hybridized carbons (Fsp3) is 0.273. The molecule has 3 rings (SSSR count). The second-order valence-electron chi connectivity index (χ2n) is 7.10. The molecule has 0 saturated carbocycles. The van der Waals surface area contributed by atoms with Gasteiger partial charge in [0.05, 0.1) is 16.4 Å². The van der Waals surface area contributed by atoms with Crippen molar-refractivity contribution in [3.05, 3.63) is 59.1 Å². The summed E-state index contributed by atoms with van der Waals surface area (Å²) >= 11 is 6.32. The summed E-state index contributed by atoms with van der Waals surface area (Å²) < 4.78 is 41.9. The van der Waals surface area contributed by atoms with E-state index in [1.54, 1.807) is 12.1 Å². The predicted molar refractivity (Wildman–Crippen MR) is 117 cm³/mol. The van der Waals surface area contributed by atoms with E-state index in [4.69, 9.17) is 11.6 Å². The lowest BCUT2D eigenvalue weighted by atomic mass is 10.1. The molecule has 31 heavy (non-hydrogen) atoms. The van der Waals surface area contributed by atoms with Crippen molar-refractivity contribution < 1.29 is 17.9 Å². The minimum absolute atomic E-state index is 0.103. The zero-order chi connectivity index (χ0) is 22.6. The molecule has 0 unspecified atom stereocenters. The number of aryl methyl sites for hydroxylation is 1. The largest absolute Gasteiger partial charge is 0.573 e. The molecular weight excluding hydrogens is 429 g/mol. The van der Waals surface area contributed by atoms with E-state index in [0.717, 1.165) is 12.0 Å². The van der Waals surface area contributed by atoms with Gasteiger partial charge in [0.15, 0.2) is 0 Å². The highest BCUT2D eigenvalue weighted by Gasteiger charge is 2.31. The van der Waals surface area contributed by atoms with Crippen LogP contribution in [0.1, 0.15) is 25.8 Å². The maximum absolute atomic E-state index is 12.6. The van der Waals surface area contributed by atoms with Crippen LogP contribution in [-0.2, 0) is 0 Å².